The number of nitriles is 1. The molecule has 5 heteroatoms. The maximum absolute atomic E-state index is 12.7. The van der Waals surface area contributed by atoms with Gasteiger partial charge in [0.15, 0.2) is 0 Å². The Morgan fingerprint density at radius 1 is 1.47 bits per heavy atom. The van der Waals surface area contributed by atoms with Gasteiger partial charge in [-0.3, -0.25) is 4.79 Å². The van der Waals surface area contributed by atoms with Crippen LogP contribution >= 0.6 is 0 Å². The lowest BCUT2D eigenvalue weighted by Gasteiger charge is -2.13. The van der Waals surface area contributed by atoms with E-state index in [9.17, 15) is 13.6 Å². The van der Waals surface area contributed by atoms with Gasteiger partial charge in [-0.05, 0) is 23.6 Å². The van der Waals surface area contributed by atoms with Gasteiger partial charge in [-0.15, -0.1) is 0 Å². The second-order valence-electron chi connectivity index (χ2n) is 3.50. The maximum atomic E-state index is 12.7. The molecular formula is C12H11F2NO2. The Hall–Kier alpha value is -1.96. The molecule has 0 heterocycles. The maximum Gasteiger partial charge on any atom is 0.307 e. The third-order valence-electron chi connectivity index (χ3n) is 2.50. The smallest absolute Gasteiger partial charge is 0.307 e. The van der Waals surface area contributed by atoms with Crippen LogP contribution in [0.4, 0.5) is 8.78 Å². The van der Waals surface area contributed by atoms with E-state index in [4.69, 9.17) is 10.4 Å². The molecule has 0 spiro atoms. The molecule has 0 aliphatic carbocycles. The summed E-state index contributed by atoms with van der Waals surface area (Å²) in [6, 6.07) is 4.27. The average Bonchev–Trinajstić information content (AvgIpc) is 2.27. The van der Waals surface area contributed by atoms with Crippen molar-refractivity contribution in [2.24, 2.45) is 0 Å². The molecule has 0 unspecified atom stereocenters. The van der Waals surface area contributed by atoms with Gasteiger partial charge < -0.3 is 5.11 Å². The van der Waals surface area contributed by atoms with Crippen LogP contribution in [0.3, 0.4) is 0 Å². The molecule has 0 saturated heterocycles. The predicted molar refractivity (Wildman–Crippen MR) is 56.8 cm³/mol. The molecule has 0 saturated carbocycles. The minimum absolute atomic E-state index is 0.147. The molecule has 0 radical (unpaired) electrons. The van der Waals surface area contributed by atoms with Crippen molar-refractivity contribution in [3.8, 4) is 6.07 Å². The van der Waals surface area contributed by atoms with E-state index in [-0.39, 0.29) is 28.7 Å². The molecule has 1 aromatic rings. The topological polar surface area (TPSA) is 61.1 Å². The van der Waals surface area contributed by atoms with Crippen LogP contribution in [-0.4, -0.2) is 11.1 Å². The van der Waals surface area contributed by atoms with E-state index in [2.05, 4.69) is 0 Å². The molecule has 0 amide bonds. The number of aliphatic carboxylic acids is 1. The second-order valence-corrected chi connectivity index (χ2v) is 3.50. The van der Waals surface area contributed by atoms with Gasteiger partial charge in [-0.1, -0.05) is 13.0 Å². The summed E-state index contributed by atoms with van der Waals surface area (Å²) in [5.41, 5.74) is 0.415. The molecule has 0 aliphatic rings. The minimum Gasteiger partial charge on any atom is -0.481 e. The number of hydrogen-bond donors (Lipinski definition) is 1. The predicted octanol–water partition coefficient (Wildman–Crippen LogP) is 2.69. The van der Waals surface area contributed by atoms with Crippen LogP contribution < -0.4 is 0 Å². The SMILES string of the molecule is CCc1c(C(F)F)ccc(C#N)c1CC(=O)O. The molecule has 17 heavy (non-hydrogen) atoms. The Labute approximate surface area is 97.3 Å². The van der Waals surface area contributed by atoms with Crippen molar-refractivity contribution in [3.05, 3.63) is 34.4 Å². The zero-order valence-corrected chi connectivity index (χ0v) is 9.20. The summed E-state index contributed by atoms with van der Waals surface area (Å²) >= 11 is 0. The summed E-state index contributed by atoms with van der Waals surface area (Å²) < 4.78 is 25.5. The van der Waals surface area contributed by atoms with Crippen LogP contribution in [0.1, 0.15) is 35.6 Å². The van der Waals surface area contributed by atoms with Crippen molar-refractivity contribution in [3.63, 3.8) is 0 Å². The number of alkyl halides is 2. The van der Waals surface area contributed by atoms with E-state index in [1.807, 2.05) is 6.07 Å². The molecule has 3 nitrogen and oxygen atoms in total. The number of carboxylic acid groups (broad SMARTS) is 1. The summed E-state index contributed by atoms with van der Waals surface area (Å²) in [6.07, 6.45) is -2.80. The Morgan fingerprint density at radius 3 is 2.53 bits per heavy atom. The number of halogens is 2. The van der Waals surface area contributed by atoms with E-state index in [0.717, 1.165) is 0 Å². The Kier molecular flexibility index (Phi) is 4.16. The fraction of sp³-hybridized carbons (Fsp3) is 0.333. The van der Waals surface area contributed by atoms with Crippen LogP contribution in [-0.2, 0) is 17.6 Å². The van der Waals surface area contributed by atoms with Gasteiger partial charge in [0.05, 0.1) is 18.1 Å². The number of carbonyl (C=O) groups is 1. The monoisotopic (exact) mass is 239 g/mol. The molecular weight excluding hydrogens is 228 g/mol. The molecule has 1 aromatic carbocycles. The van der Waals surface area contributed by atoms with Gasteiger partial charge >= 0.3 is 5.97 Å². The average molecular weight is 239 g/mol. The Morgan fingerprint density at radius 2 is 2.12 bits per heavy atom. The molecule has 0 aromatic heterocycles. The van der Waals surface area contributed by atoms with Crippen molar-refractivity contribution in [2.75, 3.05) is 0 Å². The molecule has 90 valence electrons. The standard InChI is InChI=1S/C12H11F2NO2/c1-2-8-9(12(13)14)4-3-7(6-15)10(8)5-11(16)17/h3-4,12H,2,5H2,1H3,(H,16,17). The van der Waals surface area contributed by atoms with E-state index in [1.54, 1.807) is 6.92 Å². The molecule has 0 bridgehead atoms. The lowest BCUT2D eigenvalue weighted by molar-refractivity contribution is -0.136. The third-order valence-corrected chi connectivity index (χ3v) is 2.50. The molecule has 0 aliphatic heterocycles. The van der Waals surface area contributed by atoms with E-state index in [0.29, 0.717) is 0 Å². The van der Waals surface area contributed by atoms with Gasteiger partial charge in [-0.2, -0.15) is 5.26 Å². The zero-order valence-electron chi connectivity index (χ0n) is 9.20. The highest BCUT2D eigenvalue weighted by Gasteiger charge is 2.19. The van der Waals surface area contributed by atoms with E-state index < -0.39 is 18.8 Å². The number of carboxylic acids is 1. The largest absolute Gasteiger partial charge is 0.481 e. The number of rotatable bonds is 4. The summed E-state index contributed by atoms with van der Waals surface area (Å²) in [5.74, 6) is -1.14. The first kappa shape index (κ1) is 13.1. The van der Waals surface area contributed by atoms with Crippen LogP contribution in [0.2, 0.25) is 0 Å². The highest BCUT2D eigenvalue weighted by atomic mass is 19.3. The molecule has 0 atom stereocenters. The van der Waals surface area contributed by atoms with Crippen LogP contribution in [0.15, 0.2) is 12.1 Å². The normalized spacial score (nSPS) is 10.3. The Balaban J connectivity index is 3.44. The first-order chi connectivity index (χ1) is 8.01. The molecule has 0 fully saturated rings. The summed E-state index contributed by atoms with van der Waals surface area (Å²) in [4.78, 5) is 10.7. The third kappa shape index (κ3) is 2.78. The van der Waals surface area contributed by atoms with Gasteiger partial charge in [0.2, 0.25) is 0 Å². The summed E-state index contributed by atoms with van der Waals surface area (Å²) in [7, 11) is 0. The van der Waals surface area contributed by atoms with Gasteiger partial charge in [0, 0.05) is 5.56 Å². The number of benzene rings is 1. The van der Waals surface area contributed by atoms with Crippen LogP contribution in [0.25, 0.3) is 0 Å². The second kappa shape index (κ2) is 5.39. The van der Waals surface area contributed by atoms with Crippen molar-refractivity contribution in [1.82, 2.24) is 0 Å². The number of nitrogens with zero attached hydrogens (tertiary/aromatic N) is 1. The van der Waals surface area contributed by atoms with Crippen molar-refractivity contribution in [1.29, 1.82) is 5.26 Å². The summed E-state index contributed by atoms with van der Waals surface area (Å²) in [5, 5.41) is 17.6. The van der Waals surface area contributed by atoms with Crippen molar-refractivity contribution >= 4 is 5.97 Å². The van der Waals surface area contributed by atoms with Gasteiger partial charge in [0.1, 0.15) is 0 Å². The minimum atomic E-state index is -2.66. The fourth-order valence-corrected chi connectivity index (χ4v) is 1.79. The van der Waals surface area contributed by atoms with E-state index >= 15 is 0 Å². The van der Waals surface area contributed by atoms with Crippen LogP contribution in [0.5, 0.6) is 0 Å². The highest BCUT2D eigenvalue weighted by Crippen LogP contribution is 2.28. The van der Waals surface area contributed by atoms with Gasteiger partial charge in [0.25, 0.3) is 6.43 Å². The summed E-state index contributed by atoms with van der Waals surface area (Å²) in [6.45, 7) is 1.66. The van der Waals surface area contributed by atoms with Gasteiger partial charge in [-0.25, -0.2) is 8.78 Å². The van der Waals surface area contributed by atoms with Crippen molar-refractivity contribution < 1.29 is 18.7 Å². The first-order valence-electron chi connectivity index (χ1n) is 5.05. The lowest BCUT2D eigenvalue weighted by atomic mass is 9.92. The number of hydrogen-bond acceptors (Lipinski definition) is 2. The Bertz CT molecular complexity index is 478. The fourth-order valence-electron chi connectivity index (χ4n) is 1.79. The lowest BCUT2D eigenvalue weighted by Crippen LogP contribution is -2.08. The molecule has 1 rings (SSSR count). The van der Waals surface area contributed by atoms with E-state index in [1.165, 1.54) is 12.1 Å². The zero-order chi connectivity index (χ0) is 13.0. The van der Waals surface area contributed by atoms with Crippen LogP contribution in [0, 0.1) is 11.3 Å². The van der Waals surface area contributed by atoms with Crippen molar-refractivity contribution in [2.45, 2.75) is 26.2 Å². The highest BCUT2D eigenvalue weighted by molar-refractivity contribution is 5.72. The first-order valence-corrected chi connectivity index (χ1v) is 5.05. The molecule has 1 N–H and O–H groups in total. The quantitative estimate of drug-likeness (QED) is 0.878.